The lowest BCUT2D eigenvalue weighted by Gasteiger charge is -2.29. The Morgan fingerprint density at radius 1 is 0.933 bits per heavy atom. The molecular weight excluding hydrogens is 376 g/mol. The molecule has 0 amide bonds. The maximum absolute atomic E-state index is 13.1. The fraction of sp³-hybridized carbons (Fsp3) is 0.231. The Morgan fingerprint density at radius 2 is 1.57 bits per heavy atom. The molecule has 1 unspecified atom stereocenters. The molecule has 30 heavy (non-hydrogen) atoms. The van der Waals surface area contributed by atoms with Gasteiger partial charge in [0.2, 0.25) is 0 Å². The van der Waals surface area contributed by atoms with Gasteiger partial charge >= 0.3 is 5.97 Å². The molecule has 0 aliphatic carbocycles. The summed E-state index contributed by atoms with van der Waals surface area (Å²) in [5.74, 6) is 0.335. The predicted octanol–water partition coefficient (Wildman–Crippen LogP) is 5.77. The van der Waals surface area contributed by atoms with Crippen LogP contribution in [0.25, 0.3) is 11.1 Å². The third-order valence-electron chi connectivity index (χ3n) is 5.63. The maximum atomic E-state index is 13.1. The van der Waals surface area contributed by atoms with Crippen molar-refractivity contribution >= 4 is 11.8 Å². The fourth-order valence-electron chi connectivity index (χ4n) is 4.09. The van der Waals surface area contributed by atoms with E-state index in [-0.39, 0.29) is 17.9 Å². The summed E-state index contributed by atoms with van der Waals surface area (Å²) in [6.07, 6.45) is 0.000575. The van der Waals surface area contributed by atoms with Gasteiger partial charge in [-0.15, -0.1) is 0 Å². The molecule has 0 fully saturated rings. The van der Waals surface area contributed by atoms with Crippen molar-refractivity contribution in [3.63, 3.8) is 0 Å². The van der Waals surface area contributed by atoms with E-state index in [1.165, 1.54) is 12.7 Å². The minimum Gasteiger partial charge on any atom is -0.484 e. The van der Waals surface area contributed by atoms with Gasteiger partial charge in [0, 0.05) is 5.56 Å². The van der Waals surface area contributed by atoms with Crippen molar-refractivity contribution in [3.05, 3.63) is 88.0 Å². The number of hydrogen-bond donors (Lipinski definition) is 0. The van der Waals surface area contributed by atoms with Crippen LogP contribution in [0.1, 0.15) is 55.5 Å². The molecule has 0 bridgehead atoms. The topological polar surface area (TPSA) is 52.6 Å². The summed E-state index contributed by atoms with van der Waals surface area (Å²) < 4.78 is 11.3. The van der Waals surface area contributed by atoms with Gasteiger partial charge in [0.15, 0.2) is 5.78 Å². The second-order valence-corrected chi connectivity index (χ2v) is 7.80. The van der Waals surface area contributed by atoms with Gasteiger partial charge in [-0.3, -0.25) is 4.79 Å². The van der Waals surface area contributed by atoms with Crippen LogP contribution in [0.2, 0.25) is 0 Å². The van der Waals surface area contributed by atoms with Gasteiger partial charge in [-0.2, -0.15) is 0 Å². The molecule has 0 aromatic heterocycles. The molecule has 1 aliphatic heterocycles. The molecule has 4 nitrogen and oxygen atoms in total. The first-order valence-corrected chi connectivity index (χ1v) is 9.98. The van der Waals surface area contributed by atoms with Gasteiger partial charge in [0.05, 0.1) is 24.7 Å². The molecule has 3 aromatic rings. The van der Waals surface area contributed by atoms with Crippen molar-refractivity contribution in [2.75, 3.05) is 7.11 Å². The van der Waals surface area contributed by atoms with E-state index in [0.717, 1.165) is 27.8 Å². The highest BCUT2D eigenvalue weighted by Gasteiger charge is 2.32. The Kier molecular flexibility index (Phi) is 5.17. The SMILES string of the molecule is COC(=O)c1ccc(-c2c(C)cc(C)c3c2OC(c2ccc(C)cc2)CC3=O)cc1. The lowest BCUT2D eigenvalue weighted by molar-refractivity contribution is 0.0600. The molecule has 0 spiro atoms. The minimum atomic E-state index is -0.380. The van der Waals surface area contributed by atoms with E-state index >= 15 is 0 Å². The van der Waals surface area contributed by atoms with Crippen LogP contribution in [0.5, 0.6) is 5.75 Å². The van der Waals surface area contributed by atoms with E-state index < -0.39 is 0 Å². The third kappa shape index (κ3) is 3.50. The molecule has 0 radical (unpaired) electrons. The van der Waals surface area contributed by atoms with Gasteiger partial charge in [-0.05, 0) is 55.2 Å². The van der Waals surface area contributed by atoms with Crippen LogP contribution < -0.4 is 4.74 Å². The van der Waals surface area contributed by atoms with Crippen LogP contribution >= 0.6 is 0 Å². The van der Waals surface area contributed by atoms with Crippen LogP contribution in [0.15, 0.2) is 54.6 Å². The highest BCUT2D eigenvalue weighted by molar-refractivity contribution is 6.04. The molecule has 0 N–H and O–H groups in total. The smallest absolute Gasteiger partial charge is 0.337 e. The van der Waals surface area contributed by atoms with Gasteiger partial charge in [-0.1, -0.05) is 48.0 Å². The molecule has 4 heteroatoms. The van der Waals surface area contributed by atoms with Gasteiger partial charge in [-0.25, -0.2) is 4.79 Å². The van der Waals surface area contributed by atoms with Crippen molar-refractivity contribution < 1.29 is 19.1 Å². The summed E-state index contributed by atoms with van der Waals surface area (Å²) in [6, 6.07) is 17.3. The Bertz CT molecular complexity index is 1130. The molecule has 0 saturated heterocycles. The zero-order valence-electron chi connectivity index (χ0n) is 17.6. The Hall–Kier alpha value is -3.40. The van der Waals surface area contributed by atoms with Crippen molar-refractivity contribution in [3.8, 4) is 16.9 Å². The summed E-state index contributed by atoms with van der Waals surface area (Å²) in [7, 11) is 1.36. The summed E-state index contributed by atoms with van der Waals surface area (Å²) in [5, 5.41) is 0. The number of hydrogen-bond acceptors (Lipinski definition) is 4. The lowest BCUT2D eigenvalue weighted by Crippen LogP contribution is -2.22. The van der Waals surface area contributed by atoms with Gasteiger partial charge in [0.1, 0.15) is 11.9 Å². The molecule has 4 rings (SSSR count). The number of fused-ring (bicyclic) bond motifs is 1. The van der Waals surface area contributed by atoms with E-state index in [2.05, 4.69) is 0 Å². The summed E-state index contributed by atoms with van der Waals surface area (Å²) in [6.45, 7) is 6.00. The Balaban J connectivity index is 1.82. The van der Waals surface area contributed by atoms with Crippen molar-refractivity contribution in [2.24, 2.45) is 0 Å². The zero-order valence-corrected chi connectivity index (χ0v) is 17.6. The highest BCUT2D eigenvalue weighted by Crippen LogP contribution is 2.45. The number of carbonyl (C=O) groups excluding carboxylic acids is 2. The van der Waals surface area contributed by atoms with E-state index in [1.807, 2.05) is 63.2 Å². The second kappa shape index (κ2) is 7.79. The second-order valence-electron chi connectivity index (χ2n) is 7.80. The number of Topliss-reactive ketones (excluding diaryl/α,β-unsaturated/α-hetero) is 1. The van der Waals surface area contributed by atoms with E-state index in [1.54, 1.807) is 12.1 Å². The largest absolute Gasteiger partial charge is 0.484 e. The van der Waals surface area contributed by atoms with Crippen LogP contribution in [0.4, 0.5) is 0 Å². The molecule has 152 valence electrons. The van der Waals surface area contributed by atoms with Crippen molar-refractivity contribution in [2.45, 2.75) is 33.3 Å². The first kappa shape index (κ1) is 19.9. The van der Waals surface area contributed by atoms with Gasteiger partial charge < -0.3 is 9.47 Å². The Labute approximate surface area is 176 Å². The number of carbonyl (C=O) groups is 2. The molecule has 3 aromatic carbocycles. The zero-order chi connectivity index (χ0) is 21.4. The molecular formula is C26H24O4. The van der Waals surface area contributed by atoms with Gasteiger partial charge in [0.25, 0.3) is 0 Å². The number of methoxy groups -OCH3 is 1. The highest BCUT2D eigenvalue weighted by atomic mass is 16.5. The minimum absolute atomic E-state index is 0.0896. The molecule has 1 aliphatic rings. The first-order valence-electron chi connectivity index (χ1n) is 9.98. The standard InChI is InChI=1S/C26H24O4/c1-15-5-7-18(8-6-15)22-14-21(27)24-17(3)13-16(2)23(25(24)30-22)19-9-11-20(12-10-19)26(28)29-4/h5-13,22H,14H2,1-4H3. The van der Waals surface area contributed by atoms with Crippen molar-refractivity contribution in [1.82, 2.24) is 0 Å². The number of rotatable bonds is 3. The van der Waals surface area contributed by atoms with E-state index in [0.29, 0.717) is 23.3 Å². The number of ether oxygens (including phenoxy) is 2. The summed E-state index contributed by atoms with van der Waals surface area (Å²) in [4.78, 5) is 24.9. The molecule has 1 atom stereocenters. The Morgan fingerprint density at radius 3 is 2.20 bits per heavy atom. The first-order chi connectivity index (χ1) is 14.4. The normalized spacial score (nSPS) is 15.3. The average Bonchev–Trinajstić information content (AvgIpc) is 2.73. The number of aryl methyl sites for hydroxylation is 3. The number of esters is 1. The number of benzene rings is 3. The number of ketones is 1. The molecule has 0 saturated carbocycles. The van der Waals surface area contributed by atoms with Crippen LogP contribution in [-0.2, 0) is 4.74 Å². The summed E-state index contributed by atoms with van der Waals surface area (Å²) >= 11 is 0. The van der Waals surface area contributed by atoms with E-state index in [9.17, 15) is 9.59 Å². The monoisotopic (exact) mass is 400 g/mol. The maximum Gasteiger partial charge on any atom is 0.337 e. The molecule has 1 heterocycles. The van der Waals surface area contributed by atoms with Crippen molar-refractivity contribution in [1.29, 1.82) is 0 Å². The average molecular weight is 400 g/mol. The van der Waals surface area contributed by atoms with E-state index in [4.69, 9.17) is 9.47 Å². The quantitative estimate of drug-likeness (QED) is 0.524. The third-order valence-corrected chi connectivity index (χ3v) is 5.63. The van der Waals surface area contributed by atoms with Crippen LogP contribution in [-0.4, -0.2) is 18.9 Å². The summed E-state index contributed by atoms with van der Waals surface area (Å²) in [5.41, 5.74) is 7.01. The van der Waals surface area contributed by atoms with Crippen LogP contribution in [0.3, 0.4) is 0 Å². The van der Waals surface area contributed by atoms with Crippen LogP contribution in [0, 0.1) is 20.8 Å². The fourth-order valence-corrected chi connectivity index (χ4v) is 4.09. The lowest BCUT2D eigenvalue weighted by atomic mass is 9.87. The predicted molar refractivity (Wildman–Crippen MR) is 116 cm³/mol.